The molecule has 2 rings (SSSR count). The number of fused-ring (bicyclic) bond motifs is 1. The van der Waals surface area contributed by atoms with Gasteiger partial charge in [-0.15, -0.1) is 0 Å². The van der Waals surface area contributed by atoms with E-state index in [9.17, 15) is 4.79 Å². The first kappa shape index (κ1) is 11.6. The molecule has 16 heavy (non-hydrogen) atoms. The summed E-state index contributed by atoms with van der Waals surface area (Å²) in [5.41, 5.74) is 2.63. The molecule has 0 fully saturated rings. The molecule has 0 aliphatic carbocycles. The van der Waals surface area contributed by atoms with Crippen molar-refractivity contribution in [1.82, 2.24) is 4.90 Å². The van der Waals surface area contributed by atoms with Crippen LogP contribution >= 0.6 is 15.9 Å². The van der Waals surface area contributed by atoms with Crippen molar-refractivity contribution in [2.24, 2.45) is 5.92 Å². The van der Waals surface area contributed by atoms with E-state index >= 15 is 0 Å². The average Bonchev–Trinajstić information content (AvgIpc) is 2.28. The number of carbonyl (C=O) groups excluding carboxylic acids is 1. The Balaban J connectivity index is 2.21. The molecule has 2 nitrogen and oxygen atoms in total. The summed E-state index contributed by atoms with van der Waals surface area (Å²) in [5, 5.41) is 0. The van der Waals surface area contributed by atoms with E-state index in [0.29, 0.717) is 0 Å². The SMILES string of the molecule is CC(C)C(=O)N1CCc2c(Br)cccc2C1. The number of rotatable bonds is 1. The van der Waals surface area contributed by atoms with Crippen molar-refractivity contribution in [1.29, 1.82) is 0 Å². The van der Waals surface area contributed by atoms with Crippen LogP contribution in [0.2, 0.25) is 0 Å². The van der Waals surface area contributed by atoms with E-state index < -0.39 is 0 Å². The fraction of sp³-hybridized carbons (Fsp3) is 0.462. The van der Waals surface area contributed by atoms with Crippen molar-refractivity contribution in [3.05, 3.63) is 33.8 Å². The van der Waals surface area contributed by atoms with Gasteiger partial charge in [-0.2, -0.15) is 0 Å². The molecular formula is C13H16BrNO. The molecule has 0 bridgehead atoms. The molecule has 1 amide bonds. The van der Waals surface area contributed by atoms with Crippen LogP contribution in [-0.4, -0.2) is 17.4 Å². The number of benzene rings is 1. The van der Waals surface area contributed by atoms with Gasteiger partial charge >= 0.3 is 0 Å². The molecule has 1 heterocycles. The fourth-order valence-electron chi connectivity index (χ4n) is 2.12. The molecule has 0 unspecified atom stereocenters. The number of carbonyl (C=O) groups is 1. The lowest BCUT2D eigenvalue weighted by atomic mass is 9.99. The van der Waals surface area contributed by atoms with Gasteiger partial charge in [0.05, 0.1) is 0 Å². The summed E-state index contributed by atoms with van der Waals surface area (Å²) < 4.78 is 1.17. The van der Waals surface area contributed by atoms with E-state index in [2.05, 4.69) is 28.1 Å². The van der Waals surface area contributed by atoms with Gasteiger partial charge in [-0.3, -0.25) is 4.79 Å². The minimum Gasteiger partial charge on any atom is -0.338 e. The van der Waals surface area contributed by atoms with Crippen molar-refractivity contribution >= 4 is 21.8 Å². The summed E-state index contributed by atoms with van der Waals surface area (Å²) >= 11 is 3.56. The summed E-state index contributed by atoms with van der Waals surface area (Å²) in [4.78, 5) is 13.9. The maximum Gasteiger partial charge on any atom is 0.225 e. The third kappa shape index (κ3) is 2.14. The van der Waals surface area contributed by atoms with Crippen LogP contribution in [0.4, 0.5) is 0 Å². The molecule has 0 spiro atoms. The number of nitrogens with zero attached hydrogens (tertiary/aromatic N) is 1. The number of hydrogen-bond acceptors (Lipinski definition) is 1. The third-order valence-electron chi connectivity index (χ3n) is 3.01. The van der Waals surface area contributed by atoms with E-state index in [1.54, 1.807) is 0 Å². The highest BCUT2D eigenvalue weighted by molar-refractivity contribution is 9.10. The number of amides is 1. The van der Waals surface area contributed by atoms with Crippen LogP contribution in [0.25, 0.3) is 0 Å². The molecule has 3 heteroatoms. The molecule has 1 aliphatic heterocycles. The molecule has 1 aromatic carbocycles. The first-order chi connectivity index (χ1) is 7.59. The van der Waals surface area contributed by atoms with Crippen LogP contribution in [-0.2, 0) is 17.8 Å². The maximum absolute atomic E-state index is 11.9. The van der Waals surface area contributed by atoms with Crippen molar-refractivity contribution in [2.45, 2.75) is 26.8 Å². The van der Waals surface area contributed by atoms with Gasteiger partial charge in [-0.25, -0.2) is 0 Å². The summed E-state index contributed by atoms with van der Waals surface area (Å²) in [6.45, 7) is 5.51. The monoisotopic (exact) mass is 281 g/mol. The minimum absolute atomic E-state index is 0.0914. The van der Waals surface area contributed by atoms with Gasteiger partial charge in [0, 0.05) is 23.5 Å². The molecule has 86 valence electrons. The summed E-state index contributed by atoms with van der Waals surface area (Å²) in [7, 11) is 0. The topological polar surface area (TPSA) is 20.3 Å². The fourth-order valence-corrected chi connectivity index (χ4v) is 2.72. The zero-order valence-corrected chi connectivity index (χ0v) is 11.3. The van der Waals surface area contributed by atoms with Gasteiger partial charge in [-0.1, -0.05) is 41.9 Å². The van der Waals surface area contributed by atoms with Crippen molar-refractivity contribution in [2.75, 3.05) is 6.54 Å². The molecular weight excluding hydrogens is 266 g/mol. The molecule has 1 aromatic rings. The van der Waals surface area contributed by atoms with Crippen LogP contribution < -0.4 is 0 Å². The molecule has 0 aromatic heterocycles. The Bertz CT molecular complexity index is 414. The molecule has 0 atom stereocenters. The van der Waals surface area contributed by atoms with E-state index in [1.165, 1.54) is 15.6 Å². The van der Waals surface area contributed by atoms with Crippen LogP contribution in [0.1, 0.15) is 25.0 Å². The molecule has 0 saturated carbocycles. The lowest BCUT2D eigenvalue weighted by Gasteiger charge is -2.30. The second kappa shape index (κ2) is 4.58. The maximum atomic E-state index is 11.9. The summed E-state index contributed by atoms with van der Waals surface area (Å²) in [6.07, 6.45) is 0.954. The Morgan fingerprint density at radius 2 is 2.19 bits per heavy atom. The predicted molar refractivity (Wildman–Crippen MR) is 68.1 cm³/mol. The van der Waals surface area contributed by atoms with Gasteiger partial charge in [0.1, 0.15) is 0 Å². The Kier molecular flexibility index (Phi) is 3.33. The summed E-state index contributed by atoms with van der Waals surface area (Å²) in [6, 6.07) is 6.21. The first-order valence-electron chi connectivity index (χ1n) is 5.64. The first-order valence-corrected chi connectivity index (χ1v) is 6.44. The van der Waals surface area contributed by atoms with Crippen LogP contribution in [0, 0.1) is 5.92 Å². The highest BCUT2D eigenvalue weighted by atomic mass is 79.9. The normalized spacial score (nSPS) is 15.1. The van der Waals surface area contributed by atoms with Gasteiger partial charge < -0.3 is 4.90 Å². The van der Waals surface area contributed by atoms with E-state index in [-0.39, 0.29) is 11.8 Å². The van der Waals surface area contributed by atoms with Crippen LogP contribution in [0.5, 0.6) is 0 Å². The Hall–Kier alpha value is -0.830. The van der Waals surface area contributed by atoms with Crippen molar-refractivity contribution in [3.8, 4) is 0 Å². The van der Waals surface area contributed by atoms with E-state index in [1.807, 2.05) is 24.8 Å². The Morgan fingerprint density at radius 1 is 1.44 bits per heavy atom. The highest BCUT2D eigenvalue weighted by Crippen LogP contribution is 2.26. The standard InChI is InChI=1S/C13H16BrNO/c1-9(2)13(16)15-7-6-11-10(8-15)4-3-5-12(11)14/h3-5,9H,6-8H2,1-2H3. The zero-order chi connectivity index (χ0) is 11.7. The zero-order valence-electron chi connectivity index (χ0n) is 9.66. The Morgan fingerprint density at radius 3 is 2.88 bits per heavy atom. The van der Waals surface area contributed by atoms with Gasteiger partial charge in [0.25, 0.3) is 0 Å². The highest BCUT2D eigenvalue weighted by Gasteiger charge is 2.23. The van der Waals surface area contributed by atoms with Crippen molar-refractivity contribution in [3.63, 3.8) is 0 Å². The smallest absolute Gasteiger partial charge is 0.225 e. The van der Waals surface area contributed by atoms with E-state index in [0.717, 1.165) is 19.5 Å². The molecule has 1 aliphatic rings. The molecule has 0 radical (unpaired) electrons. The molecule has 0 N–H and O–H groups in total. The summed E-state index contributed by atoms with van der Waals surface area (Å²) in [5.74, 6) is 0.347. The average molecular weight is 282 g/mol. The number of halogens is 1. The predicted octanol–water partition coefficient (Wildman–Crippen LogP) is 2.99. The third-order valence-corrected chi connectivity index (χ3v) is 3.76. The van der Waals surface area contributed by atoms with Crippen LogP contribution in [0.15, 0.2) is 22.7 Å². The van der Waals surface area contributed by atoms with Gasteiger partial charge in [-0.05, 0) is 23.6 Å². The lowest BCUT2D eigenvalue weighted by Crippen LogP contribution is -2.38. The van der Waals surface area contributed by atoms with E-state index in [4.69, 9.17) is 0 Å². The second-order valence-electron chi connectivity index (χ2n) is 4.54. The number of hydrogen-bond donors (Lipinski definition) is 0. The second-order valence-corrected chi connectivity index (χ2v) is 5.40. The largest absolute Gasteiger partial charge is 0.338 e. The van der Waals surface area contributed by atoms with Crippen molar-refractivity contribution < 1.29 is 4.79 Å². The Labute approximate surface area is 105 Å². The lowest BCUT2D eigenvalue weighted by molar-refractivity contribution is -0.135. The molecule has 0 saturated heterocycles. The van der Waals surface area contributed by atoms with Gasteiger partial charge in [0.15, 0.2) is 0 Å². The quantitative estimate of drug-likeness (QED) is 0.775. The minimum atomic E-state index is 0.0914. The van der Waals surface area contributed by atoms with Crippen LogP contribution in [0.3, 0.4) is 0 Å². The van der Waals surface area contributed by atoms with Gasteiger partial charge in [0.2, 0.25) is 5.91 Å².